The molecule has 112 valence electrons. The van der Waals surface area contributed by atoms with E-state index in [0.717, 1.165) is 9.13 Å². The summed E-state index contributed by atoms with van der Waals surface area (Å²) in [7, 11) is 1.67. The third kappa shape index (κ3) is 2.78. The smallest absolute Gasteiger partial charge is 0.264 e. The molecule has 1 aliphatic heterocycles. The van der Waals surface area contributed by atoms with Crippen molar-refractivity contribution in [1.82, 2.24) is 0 Å². The van der Waals surface area contributed by atoms with Crippen LogP contribution >= 0.6 is 22.6 Å². The molecule has 3 rings (SSSR count). The fourth-order valence-corrected chi connectivity index (χ4v) is 2.94. The second kappa shape index (κ2) is 6.18. The van der Waals surface area contributed by atoms with Crippen LogP contribution in [-0.4, -0.2) is 24.8 Å². The Labute approximate surface area is 142 Å². The SMILES string of the molecule is CN1C(=O)C(OCc2ccccc2)C(=O)c2cc(I)ccc21. The molecule has 1 unspecified atom stereocenters. The molecule has 0 radical (unpaired) electrons. The van der Waals surface area contributed by atoms with Gasteiger partial charge in [0.2, 0.25) is 5.78 Å². The Hall–Kier alpha value is -1.73. The summed E-state index contributed by atoms with van der Waals surface area (Å²) in [5, 5.41) is 0. The molecule has 1 amide bonds. The summed E-state index contributed by atoms with van der Waals surface area (Å²) in [4.78, 5) is 26.4. The van der Waals surface area contributed by atoms with E-state index in [1.54, 1.807) is 19.2 Å². The van der Waals surface area contributed by atoms with Crippen LogP contribution in [0.3, 0.4) is 0 Å². The first kappa shape index (κ1) is 15.2. The predicted octanol–water partition coefficient (Wildman–Crippen LogP) is 3.04. The lowest BCUT2D eigenvalue weighted by Crippen LogP contribution is -2.47. The number of hydrogen-bond acceptors (Lipinski definition) is 3. The first-order chi connectivity index (χ1) is 10.6. The molecule has 0 saturated carbocycles. The van der Waals surface area contributed by atoms with Crippen LogP contribution in [0.25, 0.3) is 0 Å². The third-order valence-corrected chi connectivity index (χ3v) is 4.31. The van der Waals surface area contributed by atoms with Crippen LogP contribution in [0.2, 0.25) is 0 Å². The van der Waals surface area contributed by atoms with Gasteiger partial charge in [-0.1, -0.05) is 30.3 Å². The van der Waals surface area contributed by atoms with E-state index in [-0.39, 0.29) is 18.3 Å². The molecule has 4 nitrogen and oxygen atoms in total. The number of carbonyl (C=O) groups excluding carboxylic acids is 2. The molecule has 2 aromatic rings. The van der Waals surface area contributed by atoms with Gasteiger partial charge in [0.1, 0.15) is 0 Å². The van der Waals surface area contributed by atoms with Gasteiger partial charge >= 0.3 is 0 Å². The van der Waals surface area contributed by atoms with Crippen LogP contribution in [0.1, 0.15) is 15.9 Å². The largest absolute Gasteiger partial charge is 0.355 e. The van der Waals surface area contributed by atoms with Crippen molar-refractivity contribution >= 4 is 40.0 Å². The summed E-state index contributed by atoms with van der Waals surface area (Å²) in [5.74, 6) is -0.595. The van der Waals surface area contributed by atoms with E-state index in [4.69, 9.17) is 4.74 Å². The zero-order valence-electron chi connectivity index (χ0n) is 12.0. The topological polar surface area (TPSA) is 46.6 Å². The number of likely N-dealkylation sites (N-methyl/N-ethyl adjacent to an activating group) is 1. The quantitative estimate of drug-likeness (QED) is 0.581. The van der Waals surface area contributed by atoms with Gasteiger partial charge in [0.25, 0.3) is 5.91 Å². The average molecular weight is 407 g/mol. The van der Waals surface area contributed by atoms with E-state index in [1.165, 1.54) is 4.90 Å². The van der Waals surface area contributed by atoms with Gasteiger partial charge in [-0.2, -0.15) is 0 Å². The molecule has 0 spiro atoms. The van der Waals surface area contributed by atoms with Crippen LogP contribution in [0, 0.1) is 3.57 Å². The maximum absolute atomic E-state index is 12.6. The fourth-order valence-electron chi connectivity index (χ4n) is 2.45. The minimum atomic E-state index is -1.07. The highest BCUT2D eigenvalue weighted by molar-refractivity contribution is 14.1. The van der Waals surface area contributed by atoms with Gasteiger partial charge in [0.15, 0.2) is 6.10 Å². The van der Waals surface area contributed by atoms with Crippen molar-refractivity contribution in [2.24, 2.45) is 0 Å². The molecule has 5 heteroatoms. The minimum Gasteiger partial charge on any atom is -0.355 e. The lowest BCUT2D eigenvalue weighted by Gasteiger charge is -2.30. The van der Waals surface area contributed by atoms with Gasteiger partial charge in [0, 0.05) is 16.2 Å². The van der Waals surface area contributed by atoms with Crippen molar-refractivity contribution in [2.75, 3.05) is 11.9 Å². The van der Waals surface area contributed by atoms with E-state index in [9.17, 15) is 9.59 Å². The number of carbonyl (C=O) groups is 2. The molecule has 0 aromatic heterocycles. The first-order valence-electron chi connectivity index (χ1n) is 6.85. The van der Waals surface area contributed by atoms with Crippen molar-refractivity contribution in [3.63, 3.8) is 0 Å². The molecule has 2 aromatic carbocycles. The molecule has 1 aliphatic rings. The summed E-state index contributed by atoms with van der Waals surface area (Å²) < 4.78 is 6.57. The van der Waals surface area contributed by atoms with Crippen LogP contribution in [0.4, 0.5) is 5.69 Å². The highest BCUT2D eigenvalue weighted by Gasteiger charge is 2.38. The number of fused-ring (bicyclic) bond motifs is 1. The summed E-state index contributed by atoms with van der Waals surface area (Å²) in [6.07, 6.45) is -1.07. The van der Waals surface area contributed by atoms with Gasteiger partial charge in [-0.15, -0.1) is 0 Å². The number of Topliss-reactive ketones (excluding diaryl/α,β-unsaturated/α-hetero) is 1. The number of ketones is 1. The van der Waals surface area contributed by atoms with E-state index in [2.05, 4.69) is 22.6 Å². The maximum atomic E-state index is 12.6. The molecule has 0 aliphatic carbocycles. The Kier molecular flexibility index (Phi) is 4.26. The van der Waals surface area contributed by atoms with Gasteiger partial charge in [-0.25, -0.2) is 0 Å². The Morgan fingerprint density at radius 2 is 1.86 bits per heavy atom. The standard InChI is InChI=1S/C17H14INO3/c1-19-14-8-7-12(18)9-13(14)15(20)16(17(19)21)22-10-11-5-3-2-4-6-11/h2-9,16H,10H2,1H3. The van der Waals surface area contributed by atoms with Gasteiger partial charge in [0.05, 0.1) is 12.3 Å². The molecular formula is C17H14INO3. The zero-order chi connectivity index (χ0) is 15.7. The summed E-state index contributed by atoms with van der Waals surface area (Å²) in [6, 6.07) is 15.0. The van der Waals surface area contributed by atoms with Gasteiger partial charge in [-0.3, -0.25) is 9.59 Å². The van der Waals surface area contributed by atoms with Crippen molar-refractivity contribution in [3.05, 3.63) is 63.2 Å². The average Bonchev–Trinajstić information content (AvgIpc) is 2.53. The summed E-state index contributed by atoms with van der Waals surface area (Å²) in [6.45, 7) is 0.232. The Bertz CT molecular complexity index is 730. The molecule has 0 bridgehead atoms. The Balaban J connectivity index is 1.86. The first-order valence-corrected chi connectivity index (χ1v) is 7.92. The number of hydrogen-bond donors (Lipinski definition) is 0. The van der Waals surface area contributed by atoms with Crippen molar-refractivity contribution < 1.29 is 14.3 Å². The number of rotatable bonds is 3. The minimum absolute atomic E-state index is 0.232. The molecular weight excluding hydrogens is 393 g/mol. The number of anilines is 1. The summed E-state index contributed by atoms with van der Waals surface area (Å²) >= 11 is 2.15. The van der Waals surface area contributed by atoms with E-state index >= 15 is 0 Å². The molecule has 0 saturated heterocycles. The highest BCUT2D eigenvalue weighted by Crippen LogP contribution is 2.29. The molecule has 0 fully saturated rings. The maximum Gasteiger partial charge on any atom is 0.264 e. The highest BCUT2D eigenvalue weighted by atomic mass is 127. The number of amides is 1. The number of ether oxygens (including phenoxy) is 1. The zero-order valence-corrected chi connectivity index (χ0v) is 14.1. The van der Waals surface area contributed by atoms with Crippen LogP contribution in [-0.2, 0) is 16.1 Å². The van der Waals surface area contributed by atoms with Gasteiger partial charge < -0.3 is 9.64 Å². The van der Waals surface area contributed by atoms with E-state index in [0.29, 0.717) is 11.3 Å². The number of nitrogens with zero attached hydrogens (tertiary/aromatic N) is 1. The Morgan fingerprint density at radius 3 is 2.59 bits per heavy atom. The fraction of sp³-hybridized carbons (Fsp3) is 0.176. The van der Waals surface area contributed by atoms with Crippen LogP contribution in [0.15, 0.2) is 48.5 Å². The number of halogens is 1. The second-order valence-electron chi connectivity index (χ2n) is 5.10. The van der Waals surface area contributed by atoms with E-state index < -0.39 is 6.10 Å². The second-order valence-corrected chi connectivity index (χ2v) is 6.35. The molecule has 1 heterocycles. The molecule has 1 atom stereocenters. The molecule has 0 N–H and O–H groups in total. The Morgan fingerprint density at radius 1 is 1.14 bits per heavy atom. The lowest BCUT2D eigenvalue weighted by atomic mass is 9.98. The van der Waals surface area contributed by atoms with E-state index in [1.807, 2.05) is 36.4 Å². The predicted molar refractivity (Wildman–Crippen MR) is 91.9 cm³/mol. The van der Waals surface area contributed by atoms with Crippen molar-refractivity contribution in [3.8, 4) is 0 Å². The summed E-state index contributed by atoms with van der Waals surface area (Å²) in [5.41, 5.74) is 2.10. The normalized spacial score (nSPS) is 17.5. The van der Waals surface area contributed by atoms with Crippen LogP contribution in [0.5, 0.6) is 0 Å². The van der Waals surface area contributed by atoms with Gasteiger partial charge in [-0.05, 0) is 46.4 Å². The number of benzene rings is 2. The monoisotopic (exact) mass is 407 g/mol. The van der Waals surface area contributed by atoms with Crippen molar-refractivity contribution in [1.29, 1.82) is 0 Å². The molecule has 22 heavy (non-hydrogen) atoms. The lowest BCUT2D eigenvalue weighted by molar-refractivity contribution is -0.127. The van der Waals surface area contributed by atoms with Crippen LogP contribution < -0.4 is 4.90 Å². The van der Waals surface area contributed by atoms with Crippen molar-refractivity contribution in [2.45, 2.75) is 12.7 Å². The third-order valence-electron chi connectivity index (χ3n) is 3.64.